The first-order valence-electron chi connectivity index (χ1n) is 6.36. The van der Waals surface area contributed by atoms with E-state index in [9.17, 15) is 4.79 Å². The van der Waals surface area contributed by atoms with Crippen LogP contribution >= 0.6 is 0 Å². The molecule has 0 aliphatic heterocycles. The Bertz CT molecular complexity index is 481. The number of carbonyl (C=O) groups is 1. The van der Waals surface area contributed by atoms with Crippen molar-refractivity contribution in [2.24, 2.45) is 0 Å². The van der Waals surface area contributed by atoms with E-state index in [0.29, 0.717) is 5.95 Å². The Morgan fingerprint density at radius 3 is 2.35 bits per heavy atom. The van der Waals surface area contributed by atoms with E-state index in [4.69, 9.17) is 5.73 Å². The Morgan fingerprint density at radius 1 is 1.25 bits per heavy atom. The lowest BCUT2D eigenvalue weighted by molar-refractivity contribution is -0.122. The summed E-state index contributed by atoms with van der Waals surface area (Å²) in [5.74, 6) is 0.679. The van der Waals surface area contributed by atoms with Gasteiger partial charge in [-0.2, -0.15) is 15.0 Å². The molecule has 4 N–H and O–H groups in total. The van der Waals surface area contributed by atoms with E-state index < -0.39 is 6.04 Å². The quantitative estimate of drug-likeness (QED) is 0.725. The minimum absolute atomic E-state index is 0.106. The molecule has 0 aliphatic rings. The molecule has 0 saturated heterocycles. The summed E-state index contributed by atoms with van der Waals surface area (Å²) < 4.78 is 0. The van der Waals surface area contributed by atoms with Crippen molar-refractivity contribution in [1.29, 1.82) is 0 Å². The first-order chi connectivity index (χ1) is 9.08. The summed E-state index contributed by atoms with van der Waals surface area (Å²) in [6, 6.07) is -0.481. The number of anilines is 3. The number of carbonyl (C=O) groups excluding carboxylic acids is 1. The fraction of sp³-hybridized carbons (Fsp3) is 0.667. The number of nitrogens with one attached hydrogen (secondary N) is 2. The van der Waals surface area contributed by atoms with Crippen LogP contribution in [0.2, 0.25) is 0 Å². The normalized spacial score (nSPS) is 12.7. The number of nitrogen functional groups attached to an aromatic ring is 1. The highest BCUT2D eigenvalue weighted by Gasteiger charge is 2.20. The van der Waals surface area contributed by atoms with Crippen molar-refractivity contribution >= 4 is 23.8 Å². The van der Waals surface area contributed by atoms with Crippen molar-refractivity contribution in [3.63, 3.8) is 0 Å². The van der Waals surface area contributed by atoms with Gasteiger partial charge in [0.1, 0.15) is 6.04 Å². The molecule has 0 fully saturated rings. The van der Waals surface area contributed by atoms with Crippen LogP contribution in [0.25, 0.3) is 0 Å². The second kappa shape index (κ2) is 5.89. The highest BCUT2D eigenvalue weighted by atomic mass is 16.2. The Balaban J connectivity index is 2.80. The van der Waals surface area contributed by atoms with E-state index in [1.54, 1.807) is 25.9 Å². The zero-order valence-electron chi connectivity index (χ0n) is 12.9. The molecule has 0 aromatic carbocycles. The van der Waals surface area contributed by atoms with Crippen LogP contribution in [0.15, 0.2) is 0 Å². The van der Waals surface area contributed by atoms with Gasteiger partial charge in [0.25, 0.3) is 0 Å². The SMILES string of the molecule is CC(Nc1nc(N)nc(N(C)C)n1)C(=O)NC(C)(C)C. The van der Waals surface area contributed by atoms with Gasteiger partial charge in [-0.15, -0.1) is 0 Å². The first kappa shape index (κ1) is 15.9. The summed E-state index contributed by atoms with van der Waals surface area (Å²) in [7, 11) is 3.60. The maximum atomic E-state index is 12.0. The second-order valence-electron chi connectivity index (χ2n) is 5.82. The minimum atomic E-state index is -0.481. The number of hydrogen-bond acceptors (Lipinski definition) is 7. The van der Waals surface area contributed by atoms with E-state index in [1.807, 2.05) is 20.8 Å². The van der Waals surface area contributed by atoms with E-state index in [2.05, 4.69) is 25.6 Å². The predicted molar refractivity (Wildman–Crippen MR) is 79.5 cm³/mol. The lowest BCUT2D eigenvalue weighted by Crippen LogP contribution is -2.47. The molecule has 1 aromatic heterocycles. The summed E-state index contributed by atoms with van der Waals surface area (Å²) in [6.45, 7) is 7.49. The Morgan fingerprint density at radius 2 is 1.85 bits per heavy atom. The molecule has 0 spiro atoms. The first-order valence-corrected chi connectivity index (χ1v) is 6.36. The second-order valence-corrected chi connectivity index (χ2v) is 5.82. The monoisotopic (exact) mass is 281 g/mol. The molecule has 1 aromatic rings. The van der Waals surface area contributed by atoms with Gasteiger partial charge in [-0.3, -0.25) is 4.79 Å². The average Bonchev–Trinajstić information content (AvgIpc) is 2.25. The van der Waals surface area contributed by atoms with Crippen molar-refractivity contribution in [1.82, 2.24) is 20.3 Å². The molecule has 8 nitrogen and oxygen atoms in total. The largest absolute Gasteiger partial charge is 0.368 e. The predicted octanol–water partition coefficient (Wildman–Crippen LogP) is 0.235. The van der Waals surface area contributed by atoms with Crippen LogP contribution in [-0.4, -0.2) is 46.5 Å². The smallest absolute Gasteiger partial charge is 0.242 e. The van der Waals surface area contributed by atoms with Gasteiger partial charge in [0.05, 0.1) is 0 Å². The molecular weight excluding hydrogens is 258 g/mol. The maximum absolute atomic E-state index is 12.0. The maximum Gasteiger partial charge on any atom is 0.242 e. The number of nitrogens with zero attached hydrogens (tertiary/aromatic N) is 4. The molecular formula is C12H23N7O. The van der Waals surface area contributed by atoms with Crippen molar-refractivity contribution in [2.45, 2.75) is 39.3 Å². The summed E-state index contributed by atoms with van der Waals surface area (Å²) in [4.78, 5) is 25.8. The molecule has 0 bridgehead atoms. The van der Waals surface area contributed by atoms with E-state index in [0.717, 1.165) is 0 Å². The van der Waals surface area contributed by atoms with E-state index >= 15 is 0 Å². The van der Waals surface area contributed by atoms with Gasteiger partial charge in [0, 0.05) is 19.6 Å². The topological polar surface area (TPSA) is 109 Å². The lowest BCUT2D eigenvalue weighted by Gasteiger charge is -2.23. The fourth-order valence-electron chi connectivity index (χ4n) is 1.38. The van der Waals surface area contributed by atoms with E-state index in [1.165, 1.54) is 0 Å². The van der Waals surface area contributed by atoms with Gasteiger partial charge >= 0.3 is 0 Å². The minimum Gasteiger partial charge on any atom is -0.368 e. The molecule has 20 heavy (non-hydrogen) atoms. The standard InChI is InChI=1S/C12H23N7O/c1-7(8(20)18-12(2,3)4)14-10-15-9(13)16-11(17-10)19(5)6/h7H,1-6H3,(H,18,20)(H3,13,14,15,16,17). The van der Waals surface area contributed by atoms with Crippen LogP contribution in [0.3, 0.4) is 0 Å². The number of hydrogen-bond donors (Lipinski definition) is 3. The van der Waals surface area contributed by atoms with Crippen molar-refractivity contribution < 1.29 is 4.79 Å². The van der Waals surface area contributed by atoms with Gasteiger partial charge in [-0.05, 0) is 27.7 Å². The Labute approximate surface area is 119 Å². The molecule has 1 heterocycles. The molecule has 8 heteroatoms. The van der Waals surface area contributed by atoms with E-state index in [-0.39, 0.29) is 23.3 Å². The summed E-state index contributed by atoms with van der Waals surface area (Å²) in [6.07, 6.45) is 0. The van der Waals surface area contributed by atoms with Gasteiger partial charge in [0.15, 0.2) is 0 Å². The van der Waals surface area contributed by atoms with Crippen LogP contribution in [0.5, 0.6) is 0 Å². The van der Waals surface area contributed by atoms with Crippen LogP contribution < -0.4 is 21.3 Å². The van der Waals surface area contributed by atoms with Gasteiger partial charge < -0.3 is 21.3 Å². The number of rotatable bonds is 4. The molecule has 0 saturated carbocycles. The highest BCUT2D eigenvalue weighted by Crippen LogP contribution is 2.10. The van der Waals surface area contributed by atoms with Gasteiger partial charge in [-0.1, -0.05) is 0 Å². The third-order valence-electron chi connectivity index (χ3n) is 2.28. The van der Waals surface area contributed by atoms with Crippen LogP contribution in [0.4, 0.5) is 17.8 Å². The van der Waals surface area contributed by atoms with Crippen molar-refractivity contribution in [2.75, 3.05) is 30.0 Å². The third kappa shape index (κ3) is 4.87. The van der Waals surface area contributed by atoms with Gasteiger partial charge in [0.2, 0.25) is 23.8 Å². The Kier molecular flexibility index (Phi) is 4.69. The number of amides is 1. The Hall–Kier alpha value is -2.12. The molecule has 1 rings (SSSR count). The average molecular weight is 281 g/mol. The lowest BCUT2D eigenvalue weighted by atomic mass is 10.1. The summed E-state index contributed by atoms with van der Waals surface area (Å²) in [5, 5.41) is 5.80. The third-order valence-corrected chi connectivity index (χ3v) is 2.28. The fourth-order valence-corrected chi connectivity index (χ4v) is 1.38. The van der Waals surface area contributed by atoms with Crippen LogP contribution in [0, 0.1) is 0 Å². The zero-order chi connectivity index (χ0) is 15.5. The molecule has 0 aliphatic carbocycles. The van der Waals surface area contributed by atoms with Crippen LogP contribution in [-0.2, 0) is 4.79 Å². The molecule has 1 atom stereocenters. The highest BCUT2D eigenvalue weighted by molar-refractivity contribution is 5.84. The summed E-state index contributed by atoms with van der Waals surface area (Å²) >= 11 is 0. The zero-order valence-corrected chi connectivity index (χ0v) is 12.9. The molecule has 1 unspecified atom stereocenters. The van der Waals surface area contributed by atoms with Crippen molar-refractivity contribution in [3.05, 3.63) is 0 Å². The molecule has 0 radical (unpaired) electrons. The molecule has 112 valence electrons. The number of aromatic nitrogens is 3. The van der Waals surface area contributed by atoms with Gasteiger partial charge in [-0.25, -0.2) is 0 Å². The molecule has 1 amide bonds. The number of nitrogens with two attached hydrogens (primary N) is 1. The van der Waals surface area contributed by atoms with Crippen LogP contribution in [0.1, 0.15) is 27.7 Å². The summed E-state index contributed by atoms with van der Waals surface area (Å²) in [5.41, 5.74) is 5.33. The van der Waals surface area contributed by atoms with Crippen molar-refractivity contribution in [3.8, 4) is 0 Å².